The van der Waals surface area contributed by atoms with Crippen molar-refractivity contribution < 1.29 is 27.1 Å². The summed E-state index contributed by atoms with van der Waals surface area (Å²) in [4.78, 5) is 12.7. The summed E-state index contributed by atoms with van der Waals surface area (Å²) in [5.74, 6) is -0.780. The summed E-state index contributed by atoms with van der Waals surface area (Å²) >= 11 is 0. The van der Waals surface area contributed by atoms with Crippen molar-refractivity contribution in [2.24, 2.45) is 11.8 Å². The Balaban J connectivity index is 2.37. The third-order valence-corrected chi connectivity index (χ3v) is 12.7. The number of sulfone groups is 1. The molecule has 0 aliphatic carbocycles. The van der Waals surface area contributed by atoms with Gasteiger partial charge in [0, 0.05) is 17.2 Å². The van der Waals surface area contributed by atoms with E-state index in [0.29, 0.717) is 0 Å². The SMILES string of the molecule is CC[Si](CC)(CC)O[C@H]1C(C)C(C(=O)OC)O[C@@H](/C=C/S(=O)(=O)c2ccccc2)[C@H]1C. The molecule has 1 aliphatic heterocycles. The van der Waals surface area contributed by atoms with Crippen LogP contribution in [0.15, 0.2) is 46.7 Å². The second kappa shape index (κ2) is 10.9. The Morgan fingerprint density at radius 3 is 2.16 bits per heavy atom. The van der Waals surface area contributed by atoms with E-state index in [2.05, 4.69) is 20.8 Å². The molecule has 5 atom stereocenters. The highest BCUT2D eigenvalue weighted by Gasteiger charge is 2.47. The van der Waals surface area contributed by atoms with Crippen LogP contribution in [0.1, 0.15) is 34.6 Å². The number of carbonyl (C=O) groups excluding carboxylic acids is 1. The number of rotatable bonds is 9. The smallest absolute Gasteiger partial charge is 0.335 e. The van der Waals surface area contributed by atoms with Crippen LogP contribution in [0.25, 0.3) is 0 Å². The number of ether oxygens (including phenoxy) is 2. The molecule has 31 heavy (non-hydrogen) atoms. The van der Waals surface area contributed by atoms with Crippen molar-refractivity contribution in [3.63, 3.8) is 0 Å². The van der Waals surface area contributed by atoms with E-state index < -0.39 is 36.3 Å². The summed E-state index contributed by atoms with van der Waals surface area (Å²) in [5.41, 5.74) is 0. The lowest BCUT2D eigenvalue weighted by molar-refractivity contribution is -0.183. The van der Waals surface area contributed by atoms with Gasteiger partial charge in [-0.2, -0.15) is 0 Å². The predicted octanol–water partition coefficient (Wildman–Crippen LogP) is 4.58. The van der Waals surface area contributed by atoms with Crippen LogP contribution in [0.5, 0.6) is 0 Å². The summed E-state index contributed by atoms with van der Waals surface area (Å²) in [6.45, 7) is 10.4. The molecule has 0 bridgehead atoms. The quantitative estimate of drug-likeness (QED) is 0.390. The Kier molecular flexibility index (Phi) is 9.06. The molecule has 1 saturated heterocycles. The van der Waals surface area contributed by atoms with Crippen LogP contribution in [0.3, 0.4) is 0 Å². The molecule has 2 unspecified atom stereocenters. The van der Waals surface area contributed by atoms with Crippen LogP contribution in [-0.2, 0) is 28.5 Å². The lowest BCUT2D eigenvalue weighted by Gasteiger charge is -2.46. The fourth-order valence-electron chi connectivity index (χ4n) is 4.24. The average molecular weight is 469 g/mol. The average Bonchev–Trinajstić information content (AvgIpc) is 2.79. The van der Waals surface area contributed by atoms with Gasteiger partial charge in [-0.1, -0.05) is 52.8 Å². The number of carbonyl (C=O) groups is 1. The zero-order valence-electron chi connectivity index (χ0n) is 19.4. The largest absolute Gasteiger partial charge is 0.467 e. The van der Waals surface area contributed by atoms with Crippen molar-refractivity contribution in [2.45, 2.75) is 76.0 Å². The van der Waals surface area contributed by atoms with E-state index in [0.717, 1.165) is 18.1 Å². The van der Waals surface area contributed by atoms with Crippen molar-refractivity contribution in [1.82, 2.24) is 0 Å². The van der Waals surface area contributed by atoms with E-state index in [1.54, 1.807) is 30.3 Å². The molecule has 2 rings (SSSR count). The predicted molar refractivity (Wildman–Crippen MR) is 124 cm³/mol. The number of esters is 1. The molecular formula is C23H36O6SSi. The molecule has 0 aromatic heterocycles. The van der Waals surface area contributed by atoms with Gasteiger partial charge in [-0.15, -0.1) is 0 Å². The van der Waals surface area contributed by atoms with E-state index in [9.17, 15) is 13.2 Å². The van der Waals surface area contributed by atoms with Crippen molar-refractivity contribution >= 4 is 24.1 Å². The lowest BCUT2D eigenvalue weighted by Crippen LogP contribution is -2.56. The highest BCUT2D eigenvalue weighted by Crippen LogP contribution is 2.37. The summed E-state index contributed by atoms with van der Waals surface area (Å²) in [6, 6.07) is 11.2. The van der Waals surface area contributed by atoms with Crippen LogP contribution >= 0.6 is 0 Å². The Morgan fingerprint density at radius 1 is 1.06 bits per heavy atom. The second-order valence-corrected chi connectivity index (χ2v) is 14.8. The van der Waals surface area contributed by atoms with Gasteiger partial charge in [-0.25, -0.2) is 13.2 Å². The highest BCUT2D eigenvalue weighted by atomic mass is 32.2. The first kappa shape index (κ1) is 25.8. The molecule has 8 heteroatoms. The minimum atomic E-state index is -3.62. The van der Waals surface area contributed by atoms with Crippen molar-refractivity contribution in [3.8, 4) is 0 Å². The summed E-state index contributed by atoms with van der Waals surface area (Å²) in [5, 5.41) is 1.18. The molecule has 0 spiro atoms. The standard InChI is InChI=1S/C23H36O6SSi/c1-7-31(8-2,9-3)29-21-17(4)20(28-22(18(21)5)23(24)27-6)15-16-30(25,26)19-13-11-10-12-14-19/h10-18,20-22H,7-9H2,1-6H3/b16-15+/t17-,18?,20+,21-,22?/m1/s1. The molecular weight excluding hydrogens is 432 g/mol. The minimum absolute atomic E-state index is 0.116. The van der Waals surface area contributed by atoms with E-state index in [1.807, 2.05) is 13.8 Å². The fourth-order valence-corrected chi connectivity index (χ4v) is 8.30. The van der Waals surface area contributed by atoms with Gasteiger partial charge in [-0.3, -0.25) is 0 Å². The fraction of sp³-hybridized carbons (Fsp3) is 0.609. The summed E-state index contributed by atoms with van der Waals surface area (Å²) < 4.78 is 43.2. The van der Waals surface area contributed by atoms with Gasteiger partial charge in [0.1, 0.15) is 0 Å². The monoisotopic (exact) mass is 468 g/mol. The summed E-state index contributed by atoms with van der Waals surface area (Å²) in [7, 11) is -4.24. The molecule has 1 aromatic rings. The van der Waals surface area contributed by atoms with Gasteiger partial charge in [0.2, 0.25) is 0 Å². The van der Waals surface area contributed by atoms with E-state index in [4.69, 9.17) is 13.9 Å². The Hall–Kier alpha value is -1.48. The first-order valence-electron chi connectivity index (χ1n) is 11.0. The Bertz CT molecular complexity index is 842. The third-order valence-electron chi connectivity index (χ3n) is 6.61. The van der Waals surface area contributed by atoms with Gasteiger partial charge in [0.15, 0.2) is 24.3 Å². The second-order valence-electron chi connectivity index (χ2n) is 8.28. The number of benzene rings is 1. The van der Waals surface area contributed by atoms with Crippen molar-refractivity contribution in [2.75, 3.05) is 7.11 Å². The molecule has 0 radical (unpaired) electrons. The molecule has 1 heterocycles. The van der Waals surface area contributed by atoms with Crippen LogP contribution in [0, 0.1) is 11.8 Å². The molecule has 0 saturated carbocycles. The van der Waals surface area contributed by atoms with Crippen LogP contribution in [-0.4, -0.2) is 48.1 Å². The topological polar surface area (TPSA) is 78.9 Å². The Morgan fingerprint density at radius 2 is 1.65 bits per heavy atom. The molecule has 0 N–H and O–H groups in total. The van der Waals surface area contributed by atoms with Gasteiger partial charge in [0.25, 0.3) is 0 Å². The first-order valence-corrected chi connectivity index (χ1v) is 15.1. The maximum Gasteiger partial charge on any atom is 0.335 e. The number of methoxy groups -OCH3 is 1. The highest BCUT2D eigenvalue weighted by molar-refractivity contribution is 7.94. The molecule has 6 nitrogen and oxygen atoms in total. The van der Waals surface area contributed by atoms with Gasteiger partial charge in [-0.05, 0) is 36.3 Å². The first-order chi connectivity index (χ1) is 14.6. The minimum Gasteiger partial charge on any atom is -0.467 e. The van der Waals surface area contributed by atoms with Gasteiger partial charge >= 0.3 is 5.97 Å². The van der Waals surface area contributed by atoms with E-state index >= 15 is 0 Å². The molecule has 174 valence electrons. The Labute approximate surface area is 188 Å². The lowest BCUT2D eigenvalue weighted by atomic mass is 9.83. The maximum absolute atomic E-state index is 12.7. The van der Waals surface area contributed by atoms with Crippen LogP contribution in [0.4, 0.5) is 0 Å². The zero-order chi connectivity index (χ0) is 23.2. The normalized spacial score (nSPS) is 27.4. The molecule has 1 aromatic carbocycles. The van der Waals surface area contributed by atoms with Gasteiger partial charge < -0.3 is 13.9 Å². The van der Waals surface area contributed by atoms with E-state index in [1.165, 1.54) is 18.6 Å². The number of hydrogen-bond acceptors (Lipinski definition) is 6. The van der Waals surface area contributed by atoms with Crippen molar-refractivity contribution in [1.29, 1.82) is 0 Å². The van der Waals surface area contributed by atoms with Gasteiger partial charge in [0.05, 0.1) is 24.2 Å². The molecule has 1 fully saturated rings. The van der Waals surface area contributed by atoms with Crippen LogP contribution < -0.4 is 0 Å². The zero-order valence-corrected chi connectivity index (χ0v) is 21.2. The maximum atomic E-state index is 12.7. The third kappa shape index (κ3) is 5.86. The molecule has 1 aliphatic rings. The number of hydrogen-bond donors (Lipinski definition) is 0. The van der Waals surface area contributed by atoms with Crippen LogP contribution in [0.2, 0.25) is 18.1 Å². The van der Waals surface area contributed by atoms with E-state index in [-0.39, 0.29) is 22.8 Å². The molecule has 0 amide bonds. The van der Waals surface area contributed by atoms with Crippen molar-refractivity contribution in [3.05, 3.63) is 41.8 Å². The summed E-state index contributed by atoms with van der Waals surface area (Å²) in [6.07, 6.45) is -0.0739.